The summed E-state index contributed by atoms with van der Waals surface area (Å²) < 4.78 is 5.05. The van der Waals surface area contributed by atoms with Crippen LogP contribution in [0.3, 0.4) is 0 Å². The number of alkyl carbamates (subject to hydrolysis) is 1. The summed E-state index contributed by atoms with van der Waals surface area (Å²) in [5.74, 6) is -1.08. The number of rotatable bonds is 5. The van der Waals surface area contributed by atoms with Crippen molar-refractivity contribution in [2.75, 3.05) is 11.9 Å². The molecule has 0 saturated carbocycles. The summed E-state index contributed by atoms with van der Waals surface area (Å²) in [7, 11) is 0. The zero-order chi connectivity index (χ0) is 16.0. The Balaban J connectivity index is 2.56. The summed E-state index contributed by atoms with van der Waals surface area (Å²) >= 11 is 5.76. The molecule has 21 heavy (non-hydrogen) atoms. The molecule has 0 heterocycles. The number of carbonyl (C=O) groups excluding carboxylic acids is 1. The number of carboxylic acid groups (broad SMARTS) is 1. The van der Waals surface area contributed by atoms with Crippen molar-refractivity contribution in [1.29, 1.82) is 0 Å². The van der Waals surface area contributed by atoms with Crippen LogP contribution in [0.2, 0.25) is 5.02 Å². The fourth-order valence-electron chi connectivity index (χ4n) is 1.45. The molecule has 1 amide bonds. The number of halogens is 1. The second-order valence-corrected chi connectivity index (χ2v) is 5.86. The summed E-state index contributed by atoms with van der Waals surface area (Å²) in [6, 6.07) is 5.63. The zero-order valence-corrected chi connectivity index (χ0v) is 12.9. The number of hydrogen-bond acceptors (Lipinski definition) is 4. The topological polar surface area (TPSA) is 87.7 Å². The van der Waals surface area contributed by atoms with Gasteiger partial charge in [0.1, 0.15) is 11.6 Å². The van der Waals surface area contributed by atoms with Crippen molar-refractivity contribution >= 4 is 29.4 Å². The van der Waals surface area contributed by atoms with E-state index in [1.165, 1.54) is 0 Å². The Bertz CT molecular complexity index is 497. The van der Waals surface area contributed by atoms with Gasteiger partial charge in [0.15, 0.2) is 0 Å². The van der Waals surface area contributed by atoms with Crippen molar-refractivity contribution in [3.8, 4) is 0 Å². The predicted molar refractivity (Wildman–Crippen MR) is 80.7 cm³/mol. The van der Waals surface area contributed by atoms with Gasteiger partial charge in [-0.05, 0) is 45.0 Å². The van der Waals surface area contributed by atoms with Crippen LogP contribution in [-0.4, -0.2) is 35.4 Å². The quantitative estimate of drug-likeness (QED) is 0.778. The Morgan fingerprint density at radius 2 is 1.86 bits per heavy atom. The average Bonchev–Trinajstić information content (AvgIpc) is 2.34. The van der Waals surface area contributed by atoms with E-state index in [0.717, 1.165) is 0 Å². The van der Waals surface area contributed by atoms with Crippen LogP contribution in [0.4, 0.5) is 10.5 Å². The molecule has 0 aliphatic carbocycles. The van der Waals surface area contributed by atoms with E-state index in [4.69, 9.17) is 21.4 Å². The Morgan fingerprint density at radius 3 is 2.33 bits per heavy atom. The molecule has 0 spiro atoms. The number of nitrogens with one attached hydrogen (secondary N) is 2. The number of carboxylic acids is 1. The van der Waals surface area contributed by atoms with Gasteiger partial charge in [-0.25, -0.2) is 9.59 Å². The van der Waals surface area contributed by atoms with Crippen molar-refractivity contribution in [1.82, 2.24) is 5.32 Å². The lowest BCUT2D eigenvalue weighted by Crippen LogP contribution is -2.43. The SMILES string of the molecule is CC(C)(C)OC(=O)NC[C@@H](Nc1ccc(Cl)cc1)C(=O)O. The molecular formula is C14H19ClN2O4. The minimum absolute atomic E-state index is 0.104. The minimum atomic E-state index is -1.08. The Hall–Kier alpha value is -1.95. The highest BCUT2D eigenvalue weighted by molar-refractivity contribution is 6.30. The molecule has 7 heteroatoms. The third-order valence-corrected chi connectivity index (χ3v) is 2.58. The van der Waals surface area contributed by atoms with Crippen LogP contribution in [0.15, 0.2) is 24.3 Å². The number of amides is 1. The maximum Gasteiger partial charge on any atom is 0.407 e. The average molecular weight is 315 g/mol. The fourth-order valence-corrected chi connectivity index (χ4v) is 1.57. The highest BCUT2D eigenvalue weighted by atomic mass is 35.5. The number of benzene rings is 1. The van der Waals surface area contributed by atoms with E-state index < -0.39 is 23.7 Å². The van der Waals surface area contributed by atoms with Gasteiger partial charge in [-0.1, -0.05) is 11.6 Å². The molecule has 3 N–H and O–H groups in total. The summed E-state index contributed by atoms with van der Waals surface area (Å²) in [5.41, 5.74) is -0.0374. The Morgan fingerprint density at radius 1 is 1.29 bits per heavy atom. The minimum Gasteiger partial charge on any atom is -0.480 e. The standard InChI is InChI=1S/C14H19ClN2O4/c1-14(2,3)21-13(20)16-8-11(12(18)19)17-10-6-4-9(15)5-7-10/h4-7,11,17H,8H2,1-3H3,(H,16,20)(H,18,19)/t11-/m1/s1. The van der Waals surface area contributed by atoms with Crippen LogP contribution in [0.1, 0.15) is 20.8 Å². The second-order valence-electron chi connectivity index (χ2n) is 5.42. The fraction of sp³-hybridized carbons (Fsp3) is 0.429. The number of anilines is 1. The van der Waals surface area contributed by atoms with Gasteiger partial charge in [-0.2, -0.15) is 0 Å². The van der Waals surface area contributed by atoms with E-state index in [0.29, 0.717) is 10.7 Å². The van der Waals surface area contributed by atoms with Crippen LogP contribution in [-0.2, 0) is 9.53 Å². The van der Waals surface area contributed by atoms with Gasteiger partial charge in [-0.15, -0.1) is 0 Å². The molecule has 6 nitrogen and oxygen atoms in total. The molecule has 1 rings (SSSR count). The van der Waals surface area contributed by atoms with Crippen LogP contribution < -0.4 is 10.6 Å². The molecule has 116 valence electrons. The van der Waals surface area contributed by atoms with Crippen molar-refractivity contribution in [3.63, 3.8) is 0 Å². The monoisotopic (exact) mass is 314 g/mol. The molecular weight excluding hydrogens is 296 g/mol. The molecule has 0 aliphatic heterocycles. The van der Waals surface area contributed by atoms with Gasteiger partial charge in [0.25, 0.3) is 0 Å². The second kappa shape index (κ2) is 7.17. The predicted octanol–water partition coefficient (Wildman–Crippen LogP) is 2.73. The molecule has 1 atom stereocenters. The van der Waals surface area contributed by atoms with Crippen molar-refractivity contribution < 1.29 is 19.4 Å². The lowest BCUT2D eigenvalue weighted by atomic mass is 10.2. The normalized spacial score (nSPS) is 12.4. The number of carbonyl (C=O) groups is 2. The third kappa shape index (κ3) is 6.85. The molecule has 0 aliphatic rings. The Labute approximate surface area is 128 Å². The van der Waals surface area contributed by atoms with Gasteiger partial charge in [0.05, 0.1) is 6.54 Å². The van der Waals surface area contributed by atoms with Gasteiger partial charge >= 0.3 is 12.1 Å². The number of aliphatic carboxylic acids is 1. The van der Waals surface area contributed by atoms with Gasteiger partial charge in [0, 0.05) is 10.7 Å². The third-order valence-electron chi connectivity index (χ3n) is 2.33. The van der Waals surface area contributed by atoms with Crippen molar-refractivity contribution in [2.45, 2.75) is 32.4 Å². The maximum atomic E-state index is 11.5. The van der Waals surface area contributed by atoms with Crippen LogP contribution >= 0.6 is 11.6 Å². The van der Waals surface area contributed by atoms with E-state index in [9.17, 15) is 9.59 Å². The first-order chi connectivity index (χ1) is 9.67. The smallest absolute Gasteiger partial charge is 0.407 e. The van der Waals surface area contributed by atoms with E-state index >= 15 is 0 Å². The largest absolute Gasteiger partial charge is 0.480 e. The zero-order valence-electron chi connectivity index (χ0n) is 12.1. The number of ether oxygens (including phenoxy) is 1. The maximum absolute atomic E-state index is 11.5. The van der Waals surface area contributed by atoms with Crippen molar-refractivity contribution in [3.05, 3.63) is 29.3 Å². The van der Waals surface area contributed by atoms with E-state index in [2.05, 4.69) is 10.6 Å². The molecule has 0 saturated heterocycles. The molecule has 0 aromatic heterocycles. The first-order valence-corrected chi connectivity index (χ1v) is 6.77. The van der Waals surface area contributed by atoms with Gasteiger partial charge in [-0.3, -0.25) is 0 Å². The van der Waals surface area contributed by atoms with Gasteiger partial charge < -0.3 is 20.5 Å². The first kappa shape index (κ1) is 17.1. The van der Waals surface area contributed by atoms with E-state index in [-0.39, 0.29) is 6.54 Å². The van der Waals surface area contributed by atoms with Gasteiger partial charge in [0.2, 0.25) is 0 Å². The molecule has 1 aromatic carbocycles. The number of hydrogen-bond donors (Lipinski definition) is 3. The van der Waals surface area contributed by atoms with Crippen molar-refractivity contribution in [2.24, 2.45) is 0 Å². The Kier molecular flexibility index (Phi) is 5.84. The summed E-state index contributed by atoms with van der Waals surface area (Å²) in [5, 5.41) is 14.9. The van der Waals surface area contributed by atoms with Crippen LogP contribution in [0.25, 0.3) is 0 Å². The highest BCUT2D eigenvalue weighted by Crippen LogP contribution is 2.14. The molecule has 0 fully saturated rings. The highest BCUT2D eigenvalue weighted by Gasteiger charge is 2.21. The molecule has 0 radical (unpaired) electrons. The van der Waals surface area contributed by atoms with E-state index in [1.54, 1.807) is 45.0 Å². The summed E-state index contributed by atoms with van der Waals surface area (Å²) in [6.07, 6.45) is -0.661. The summed E-state index contributed by atoms with van der Waals surface area (Å²) in [6.45, 7) is 5.08. The summed E-state index contributed by atoms with van der Waals surface area (Å²) in [4.78, 5) is 22.7. The lowest BCUT2D eigenvalue weighted by Gasteiger charge is -2.21. The molecule has 1 aromatic rings. The molecule has 0 bridgehead atoms. The van der Waals surface area contributed by atoms with Crippen LogP contribution in [0.5, 0.6) is 0 Å². The van der Waals surface area contributed by atoms with Crippen LogP contribution in [0, 0.1) is 0 Å². The van der Waals surface area contributed by atoms with E-state index in [1.807, 2.05) is 0 Å². The molecule has 0 unspecified atom stereocenters. The lowest BCUT2D eigenvalue weighted by molar-refractivity contribution is -0.137. The first-order valence-electron chi connectivity index (χ1n) is 6.39.